The average Bonchev–Trinajstić information content (AvgIpc) is 2.73. The van der Waals surface area contributed by atoms with Gasteiger partial charge in [0, 0.05) is 17.8 Å². The number of carboxylic acids is 1. The molecular weight excluding hydrogens is 268 g/mol. The molecule has 0 radical (unpaired) electrons. The topological polar surface area (TPSA) is 69.6 Å². The zero-order chi connectivity index (χ0) is 15.2. The third-order valence-corrected chi connectivity index (χ3v) is 3.58. The molecule has 1 atom stereocenters. The van der Waals surface area contributed by atoms with Crippen molar-refractivity contribution >= 4 is 17.7 Å². The Morgan fingerprint density at radius 3 is 2.86 bits per heavy atom. The lowest BCUT2D eigenvalue weighted by Gasteiger charge is -2.27. The van der Waals surface area contributed by atoms with Crippen molar-refractivity contribution in [2.45, 2.75) is 31.7 Å². The second-order valence-electron chi connectivity index (χ2n) is 5.05. The van der Waals surface area contributed by atoms with E-state index >= 15 is 0 Å². The number of nitrogens with zero attached hydrogens (tertiary/aromatic N) is 1. The van der Waals surface area contributed by atoms with Crippen LogP contribution < -0.4 is 5.32 Å². The van der Waals surface area contributed by atoms with Gasteiger partial charge in [-0.15, -0.1) is 6.42 Å². The first-order valence-corrected chi connectivity index (χ1v) is 6.99. The number of carboxylic acid groups (broad SMARTS) is 1. The number of nitrogens with one attached hydrogen (secondary N) is 1. The van der Waals surface area contributed by atoms with E-state index in [-0.39, 0.29) is 0 Å². The third kappa shape index (κ3) is 3.76. The van der Waals surface area contributed by atoms with E-state index in [4.69, 9.17) is 6.42 Å². The average molecular weight is 286 g/mol. The molecule has 1 aromatic carbocycles. The minimum Gasteiger partial charge on any atom is -0.480 e. The standard InChI is InChI=1S/C16H18N2O3/c1-2-12-7-6-8-13(11-12)17-16(21)18-10-5-3-4-9-14(18)15(19)20/h1,6-8,11,14H,3-5,9-10H2,(H,17,21)(H,19,20). The fraction of sp³-hybridized carbons (Fsp3) is 0.375. The Morgan fingerprint density at radius 2 is 2.14 bits per heavy atom. The van der Waals surface area contributed by atoms with Crippen LogP contribution in [0, 0.1) is 12.3 Å². The van der Waals surface area contributed by atoms with Crippen molar-refractivity contribution in [2.75, 3.05) is 11.9 Å². The molecule has 5 heteroatoms. The lowest BCUT2D eigenvalue weighted by Crippen LogP contribution is -2.46. The summed E-state index contributed by atoms with van der Waals surface area (Å²) in [5, 5.41) is 12.0. The lowest BCUT2D eigenvalue weighted by atomic mass is 10.1. The zero-order valence-electron chi connectivity index (χ0n) is 11.7. The summed E-state index contributed by atoms with van der Waals surface area (Å²) in [5.41, 5.74) is 1.24. The van der Waals surface area contributed by atoms with Gasteiger partial charge in [-0.1, -0.05) is 24.8 Å². The number of rotatable bonds is 2. The summed E-state index contributed by atoms with van der Waals surface area (Å²) in [6.45, 7) is 0.456. The molecule has 1 aromatic rings. The van der Waals surface area contributed by atoms with Crippen LogP contribution in [0.1, 0.15) is 31.2 Å². The molecule has 1 heterocycles. The SMILES string of the molecule is C#Cc1cccc(NC(=O)N2CCCCCC2C(=O)O)c1. The minimum absolute atomic E-state index is 0.390. The van der Waals surface area contributed by atoms with Gasteiger partial charge in [-0.2, -0.15) is 0 Å². The van der Waals surface area contributed by atoms with E-state index in [1.165, 1.54) is 4.90 Å². The molecule has 5 nitrogen and oxygen atoms in total. The van der Waals surface area contributed by atoms with Gasteiger partial charge in [0.25, 0.3) is 0 Å². The molecule has 0 spiro atoms. The monoisotopic (exact) mass is 286 g/mol. The van der Waals surface area contributed by atoms with E-state index in [0.29, 0.717) is 24.2 Å². The molecule has 0 aromatic heterocycles. The van der Waals surface area contributed by atoms with Gasteiger partial charge in [0.15, 0.2) is 0 Å². The molecule has 0 saturated carbocycles. The van der Waals surface area contributed by atoms with E-state index in [1.54, 1.807) is 24.3 Å². The van der Waals surface area contributed by atoms with Crippen LogP contribution in [0.5, 0.6) is 0 Å². The second kappa shape index (κ2) is 6.80. The summed E-state index contributed by atoms with van der Waals surface area (Å²) < 4.78 is 0. The van der Waals surface area contributed by atoms with Gasteiger partial charge < -0.3 is 15.3 Å². The first-order chi connectivity index (χ1) is 10.1. The first-order valence-electron chi connectivity index (χ1n) is 6.99. The summed E-state index contributed by atoms with van der Waals surface area (Å²) in [4.78, 5) is 25.1. The van der Waals surface area contributed by atoms with Gasteiger partial charge >= 0.3 is 12.0 Å². The lowest BCUT2D eigenvalue weighted by molar-refractivity contribution is -0.142. The summed E-state index contributed by atoms with van der Waals surface area (Å²) in [5.74, 6) is 1.54. The summed E-state index contributed by atoms with van der Waals surface area (Å²) in [7, 11) is 0. The predicted octanol–water partition coefficient (Wildman–Crippen LogP) is 2.53. The van der Waals surface area contributed by atoms with Gasteiger partial charge in [-0.25, -0.2) is 9.59 Å². The Morgan fingerprint density at radius 1 is 1.33 bits per heavy atom. The second-order valence-corrected chi connectivity index (χ2v) is 5.05. The highest BCUT2D eigenvalue weighted by atomic mass is 16.4. The first kappa shape index (κ1) is 14.9. The highest BCUT2D eigenvalue weighted by Gasteiger charge is 2.30. The fourth-order valence-corrected chi connectivity index (χ4v) is 2.49. The summed E-state index contributed by atoms with van der Waals surface area (Å²) in [6, 6.07) is 5.78. The van der Waals surface area contributed by atoms with Gasteiger partial charge in [0.05, 0.1) is 0 Å². The summed E-state index contributed by atoms with van der Waals surface area (Å²) in [6.07, 6.45) is 8.41. The zero-order valence-corrected chi connectivity index (χ0v) is 11.7. The van der Waals surface area contributed by atoms with E-state index in [2.05, 4.69) is 11.2 Å². The maximum absolute atomic E-state index is 12.3. The van der Waals surface area contributed by atoms with Crippen LogP contribution in [0.2, 0.25) is 0 Å². The largest absolute Gasteiger partial charge is 0.480 e. The number of terminal acetylenes is 1. The number of amides is 2. The van der Waals surface area contributed by atoms with Crippen molar-refractivity contribution in [2.24, 2.45) is 0 Å². The van der Waals surface area contributed by atoms with Crippen molar-refractivity contribution in [1.29, 1.82) is 0 Å². The molecule has 1 saturated heterocycles. The number of benzene rings is 1. The Balaban J connectivity index is 2.13. The number of likely N-dealkylation sites (tertiary alicyclic amines) is 1. The minimum atomic E-state index is -0.954. The molecule has 2 N–H and O–H groups in total. The number of urea groups is 1. The number of anilines is 1. The van der Waals surface area contributed by atoms with Crippen LogP contribution in [-0.4, -0.2) is 34.6 Å². The fourth-order valence-electron chi connectivity index (χ4n) is 2.49. The van der Waals surface area contributed by atoms with Gasteiger partial charge in [0.2, 0.25) is 0 Å². The number of hydrogen-bond donors (Lipinski definition) is 2. The van der Waals surface area contributed by atoms with Crippen molar-refractivity contribution < 1.29 is 14.7 Å². The molecule has 1 aliphatic rings. The molecule has 1 unspecified atom stereocenters. The van der Waals surface area contributed by atoms with Crippen LogP contribution in [0.25, 0.3) is 0 Å². The van der Waals surface area contributed by atoms with Crippen LogP contribution in [0.3, 0.4) is 0 Å². The number of aliphatic carboxylic acids is 1. The molecule has 2 amide bonds. The van der Waals surface area contributed by atoms with Gasteiger partial charge in [-0.05, 0) is 31.0 Å². The van der Waals surface area contributed by atoms with Crippen LogP contribution in [-0.2, 0) is 4.79 Å². The third-order valence-electron chi connectivity index (χ3n) is 3.58. The van der Waals surface area contributed by atoms with Crippen LogP contribution in [0.4, 0.5) is 10.5 Å². The number of carbonyl (C=O) groups excluding carboxylic acids is 1. The smallest absolute Gasteiger partial charge is 0.326 e. The maximum atomic E-state index is 12.3. The van der Waals surface area contributed by atoms with Gasteiger partial charge in [0.1, 0.15) is 6.04 Å². The Kier molecular flexibility index (Phi) is 4.83. The van der Waals surface area contributed by atoms with Crippen molar-refractivity contribution in [3.63, 3.8) is 0 Å². The number of carbonyl (C=O) groups is 2. The predicted molar refractivity (Wildman–Crippen MR) is 80.0 cm³/mol. The molecule has 2 rings (SSSR count). The van der Waals surface area contributed by atoms with E-state index in [1.807, 2.05) is 0 Å². The Bertz CT molecular complexity index is 577. The quantitative estimate of drug-likeness (QED) is 0.821. The molecule has 1 aliphatic heterocycles. The van der Waals surface area contributed by atoms with Gasteiger partial charge in [-0.3, -0.25) is 0 Å². The van der Waals surface area contributed by atoms with Crippen molar-refractivity contribution in [3.05, 3.63) is 29.8 Å². The van der Waals surface area contributed by atoms with E-state index < -0.39 is 18.0 Å². The Labute approximate surface area is 124 Å². The van der Waals surface area contributed by atoms with Crippen LogP contribution >= 0.6 is 0 Å². The maximum Gasteiger partial charge on any atom is 0.326 e. The molecule has 21 heavy (non-hydrogen) atoms. The molecule has 1 fully saturated rings. The van der Waals surface area contributed by atoms with E-state index in [0.717, 1.165) is 19.3 Å². The van der Waals surface area contributed by atoms with E-state index in [9.17, 15) is 14.7 Å². The highest BCUT2D eigenvalue weighted by Crippen LogP contribution is 2.19. The van der Waals surface area contributed by atoms with Crippen LogP contribution in [0.15, 0.2) is 24.3 Å². The molecule has 110 valence electrons. The normalized spacial score (nSPS) is 18.4. The Hall–Kier alpha value is -2.48. The molecule has 0 bridgehead atoms. The highest BCUT2D eigenvalue weighted by molar-refractivity contribution is 5.92. The van der Waals surface area contributed by atoms with Crippen molar-refractivity contribution in [1.82, 2.24) is 4.90 Å². The number of hydrogen-bond acceptors (Lipinski definition) is 2. The summed E-state index contributed by atoms with van der Waals surface area (Å²) >= 11 is 0. The molecule has 0 aliphatic carbocycles. The molecular formula is C16H18N2O3. The van der Waals surface area contributed by atoms with Crippen molar-refractivity contribution in [3.8, 4) is 12.3 Å².